The molecule has 0 saturated carbocycles. The Balaban J connectivity index is 2.51. The number of rotatable bonds is 5. The molecule has 0 radical (unpaired) electrons. The minimum absolute atomic E-state index is 0.0282. The van der Waals surface area contributed by atoms with Gasteiger partial charge in [0.15, 0.2) is 0 Å². The fourth-order valence-electron chi connectivity index (χ4n) is 1.54. The van der Waals surface area contributed by atoms with Crippen molar-refractivity contribution in [1.29, 1.82) is 0 Å². The summed E-state index contributed by atoms with van der Waals surface area (Å²) in [4.78, 5) is 33.5. The number of aromatic carboxylic acids is 1. The van der Waals surface area contributed by atoms with Gasteiger partial charge in [0.1, 0.15) is 23.1 Å². The predicted octanol–water partition coefficient (Wildman–Crippen LogP) is 0.220. The summed E-state index contributed by atoms with van der Waals surface area (Å²) in [6, 6.07) is 0.125. The van der Waals surface area contributed by atoms with E-state index in [-0.39, 0.29) is 23.8 Å². The number of aryl methyl sites for hydroxylation is 1. The molecule has 8 nitrogen and oxygen atoms in total. The zero-order chi connectivity index (χ0) is 15.3. The van der Waals surface area contributed by atoms with Crippen molar-refractivity contribution in [3.63, 3.8) is 0 Å². The Bertz CT molecular complexity index is 523. The van der Waals surface area contributed by atoms with Crippen LogP contribution in [0.3, 0.4) is 0 Å². The lowest BCUT2D eigenvalue weighted by Gasteiger charge is -2.12. The minimum atomic E-state index is -1.09. The molecule has 0 spiro atoms. The Morgan fingerprint density at radius 1 is 1.40 bits per heavy atom. The fraction of sp³-hybridized carbons (Fsp3) is 0.417. The lowest BCUT2D eigenvalue weighted by Crippen LogP contribution is -2.47. The van der Waals surface area contributed by atoms with Crippen molar-refractivity contribution in [2.75, 3.05) is 7.05 Å². The third kappa shape index (κ3) is 4.01. The van der Waals surface area contributed by atoms with E-state index in [0.717, 1.165) is 0 Å². The zero-order valence-electron chi connectivity index (χ0n) is 11.4. The Morgan fingerprint density at radius 2 is 2.05 bits per heavy atom. The highest BCUT2D eigenvalue weighted by atomic mass is 16.4. The van der Waals surface area contributed by atoms with Crippen LogP contribution in [-0.2, 0) is 11.3 Å². The van der Waals surface area contributed by atoms with E-state index in [2.05, 4.69) is 16.0 Å². The van der Waals surface area contributed by atoms with E-state index in [1.54, 1.807) is 0 Å². The van der Waals surface area contributed by atoms with Crippen LogP contribution in [0.1, 0.15) is 28.8 Å². The number of furan rings is 1. The van der Waals surface area contributed by atoms with E-state index in [0.29, 0.717) is 5.76 Å². The van der Waals surface area contributed by atoms with Gasteiger partial charge in [-0.3, -0.25) is 4.79 Å². The van der Waals surface area contributed by atoms with E-state index in [1.165, 1.54) is 27.0 Å². The molecular weight excluding hydrogens is 266 g/mol. The number of hydrogen-bond acceptors (Lipinski definition) is 4. The Labute approximate surface area is 115 Å². The van der Waals surface area contributed by atoms with Crippen LogP contribution in [0.15, 0.2) is 10.5 Å². The van der Waals surface area contributed by atoms with Crippen molar-refractivity contribution in [1.82, 2.24) is 16.0 Å². The summed E-state index contributed by atoms with van der Waals surface area (Å²) in [7, 11) is 1.47. The molecule has 8 heteroatoms. The van der Waals surface area contributed by atoms with Gasteiger partial charge in [-0.15, -0.1) is 0 Å². The van der Waals surface area contributed by atoms with Gasteiger partial charge in [-0.25, -0.2) is 9.59 Å². The molecule has 0 aliphatic rings. The minimum Gasteiger partial charge on any atom is -0.478 e. The van der Waals surface area contributed by atoms with Crippen LogP contribution in [0, 0.1) is 6.92 Å². The maximum atomic E-state index is 11.5. The molecule has 1 rings (SSSR count). The van der Waals surface area contributed by atoms with Gasteiger partial charge in [-0.05, 0) is 19.9 Å². The highest BCUT2D eigenvalue weighted by Gasteiger charge is 2.16. The first kappa shape index (κ1) is 15.5. The molecule has 1 unspecified atom stereocenters. The topological polar surface area (TPSA) is 121 Å². The molecule has 0 aliphatic heterocycles. The van der Waals surface area contributed by atoms with Gasteiger partial charge in [0, 0.05) is 7.05 Å². The molecule has 0 bridgehead atoms. The number of carboxylic acids is 1. The summed E-state index contributed by atoms with van der Waals surface area (Å²) in [6.07, 6.45) is 0. The number of carbonyl (C=O) groups is 3. The predicted molar refractivity (Wildman–Crippen MR) is 69.3 cm³/mol. The van der Waals surface area contributed by atoms with Crippen molar-refractivity contribution in [2.45, 2.75) is 26.4 Å². The van der Waals surface area contributed by atoms with Gasteiger partial charge in [-0.2, -0.15) is 0 Å². The molecule has 3 amide bonds. The second kappa shape index (κ2) is 6.60. The lowest BCUT2D eigenvalue weighted by molar-refractivity contribution is -0.122. The first-order chi connectivity index (χ1) is 9.35. The quantitative estimate of drug-likeness (QED) is 0.616. The summed E-state index contributed by atoms with van der Waals surface area (Å²) < 4.78 is 5.20. The van der Waals surface area contributed by atoms with Gasteiger partial charge >= 0.3 is 12.0 Å². The summed E-state index contributed by atoms with van der Waals surface area (Å²) in [5.41, 5.74) is 0.0564. The monoisotopic (exact) mass is 283 g/mol. The standard InChI is InChI=1S/C12H17N3O5/c1-6(10(16)13-3)15-12(19)14-5-8-4-9(11(17)18)7(2)20-8/h4,6H,5H2,1-3H3,(H,13,16)(H,17,18)(H2,14,15,19). The Hall–Kier alpha value is -2.51. The molecule has 110 valence electrons. The molecule has 0 aromatic carbocycles. The maximum absolute atomic E-state index is 11.5. The summed E-state index contributed by atoms with van der Waals surface area (Å²) in [5.74, 6) is -0.812. The SMILES string of the molecule is CNC(=O)C(C)NC(=O)NCc1cc(C(=O)O)c(C)o1. The van der Waals surface area contributed by atoms with Crippen molar-refractivity contribution in [3.8, 4) is 0 Å². The third-order valence-electron chi connectivity index (χ3n) is 2.61. The highest BCUT2D eigenvalue weighted by Crippen LogP contribution is 2.14. The first-order valence-electron chi connectivity index (χ1n) is 5.93. The van der Waals surface area contributed by atoms with Crippen LogP contribution >= 0.6 is 0 Å². The normalized spacial score (nSPS) is 11.6. The lowest BCUT2D eigenvalue weighted by atomic mass is 10.2. The van der Waals surface area contributed by atoms with Crippen LogP contribution in [0.2, 0.25) is 0 Å². The Kier molecular flexibility index (Phi) is 5.13. The van der Waals surface area contributed by atoms with E-state index in [1.807, 2.05) is 0 Å². The summed E-state index contributed by atoms with van der Waals surface area (Å²) in [6.45, 7) is 3.10. The van der Waals surface area contributed by atoms with Gasteiger partial charge in [0.2, 0.25) is 5.91 Å². The van der Waals surface area contributed by atoms with Crippen LogP contribution in [-0.4, -0.2) is 36.1 Å². The number of hydrogen-bond donors (Lipinski definition) is 4. The molecule has 0 aliphatic carbocycles. The number of carboxylic acid groups (broad SMARTS) is 1. The highest BCUT2D eigenvalue weighted by molar-refractivity contribution is 5.89. The third-order valence-corrected chi connectivity index (χ3v) is 2.61. The van der Waals surface area contributed by atoms with Crippen LogP contribution in [0.5, 0.6) is 0 Å². The van der Waals surface area contributed by atoms with Crippen molar-refractivity contribution >= 4 is 17.9 Å². The Morgan fingerprint density at radius 3 is 2.55 bits per heavy atom. The second-order valence-corrected chi connectivity index (χ2v) is 4.15. The molecule has 4 N–H and O–H groups in total. The second-order valence-electron chi connectivity index (χ2n) is 4.15. The maximum Gasteiger partial charge on any atom is 0.339 e. The number of urea groups is 1. The van der Waals surface area contributed by atoms with Crippen molar-refractivity contribution < 1.29 is 23.9 Å². The van der Waals surface area contributed by atoms with E-state index >= 15 is 0 Å². The molecule has 0 fully saturated rings. The number of carbonyl (C=O) groups excluding carboxylic acids is 2. The van der Waals surface area contributed by atoms with E-state index < -0.39 is 18.0 Å². The largest absolute Gasteiger partial charge is 0.478 e. The smallest absolute Gasteiger partial charge is 0.339 e. The molecule has 1 heterocycles. The van der Waals surface area contributed by atoms with E-state index in [4.69, 9.17) is 9.52 Å². The molecule has 1 atom stereocenters. The van der Waals surface area contributed by atoms with Crippen molar-refractivity contribution in [3.05, 3.63) is 23.2 Å². The van der Waals surface area contributed by atoms with Gasteiger partial charge in [0.25, 0.3) is 0 Å². The summed E-state index contributed by atoms with van der Waals surface area (Å²) in [5, 5.41) is 16.2. The fourth-order valence-corrected chi connectivity index (χ4v) is 1.54. The van der Waals surface area contributed by atoms with Crippen molar-refractivity contribution in [2.24, 2.45) is 0 Å². The van der Waals surface area contributed by atoms with Gasteiger partial charge in [0.05, 0.1) is 6.54 Å². The van der Waals surface area contributed by atoms with Crippen LogP contribution in [0.4, 0.5) is 4.79 Å². The first-order valence-corrected chi connectivity index (χ1v) is 5.93. The van der Waals surface area contributed by atoms with Crippen LogP contribution in [0.25, 0.3) is 0 Å². The number of amides is 3. The molecule has 1 aromatic rings. The van der Waals surface area contributed by atoms with Gasteiger partial charge < -0.3 is 25.5 Å². The number of nitrogens with one attached hydrogen (secondary N) is 3. The zero-order valence-corrected chi connectivity index (χ0v) is 11.4. The molecule has 1 aromatic heterocycles. The van der Waals surface area contributed by atoms with Gasteiger partial charge in [-0.1, -0.05) is 0 Å². The van der Waals surface area contributed by atoms with Crippen LogP contribution < -0.4 is 16.0 Å². The molecule has 0 saturated heterocycles. The average Bonchev–Trinajstić information content (AvgIpc) is 2.76. The van der Waals surface area contributed by atoms with E-state index in [9.17, 15) is 14.4 Å². The average molecular weight is 283 g/mol. The molecule has 20 heavy (non-hydrogen) atoms. The molecular formula is C12H17N3O5. The summed E-state index contributed by atoms with van der Waals surface area (Å²) >= 11 is 0. The number of likely N-dealkylation sites (N-methyl/N-ethyl adjacent to an activating group) is 1.